The maximum absolute atomic E-state index is 9.20. The standard InChI is InChI=1S/C16H17N3/c1-3-12-10-14(11-17)16(18-4-2)19-15(12)13-8-6-5-7-9-13/h5-10H,3-4H2,1-2H3,(H,18,19). The van der Waals surface area contributed by atoms with Gasteiger partial charge in [0.2, 0.25) is 0 Å². The summed E-state index contributed by atoms with van der Waals surface area (Å²) >= 11 is 0. The van der Waals surface area contributed by atoms with Crippen LogP contribution in [0.4, 0.5) is 5.82 Å². The predicted octanol–water partition coefficient (Wildman–Crippen LogP) is 3.61. The molecule has 1 N–H and O–H groups in total. The Morgan fingerprint density at radius 3 is 2.53 bits per heavy atom. The molecule has 0 aliphatic heterocycles. The van der Waals surface area contributed by atoms with Crippen molar-refractivity contribution in [1.29, 1.82) is 5.26 Å². The molecule has 0 aliphatic carbocycles. The minimum atomic E-state index is 0.610. The van der Waals surface area contributed by atoms with Crippen LogP contribution in [0.5, 0.6) is 0 Å². The Balaban J connectivity index is 2.60. The fourth-order valence-electron chi connectivity index (χ4n) is 2.06. The van der Waals surface area contributed by atoms with Crippen molar-refractivity contribution in [3.63, 3.8) is 0 Å². The van der Waals surface area contributed by atoms with E-state index in [0.717, 1.165) is 29.8 Å². The number of aryl methyl sites for hydroxylation is 1. The Kier molecular flexibility index (Phi) is 4.15. The molecule has 0 atom stereocenters. The molecule has 0 amide bonds. The first-order valence-electron chi connectivity index (χ1n) is 6.53. The van der Waals surface area contributed by atoms with Gasteiger partial charge in [0, 0.05) is 12.1 Å². The minimum Gasteiger partial charge on any atom is -0.369 e. The van der Waals surface area contributed by atoms with E-state index in [9.17, 15) is 5.26 Å². The molecule has 3 nitrogen and oxygen atoms in total. The van der Waals surface area contributed by atoms with E-state index in [4.69, 9.17) is 0 Å². The zero-order chi connectivity index (χ0) is 13.7. The molecular formula is C16H17N3. The monoisotopic (exact) mass is 251 g/mol. The first-order chi connectivity index (χ1) is 9.30. The number of nitrogens with zero attached hydrogens (tertiary/aromatic N) is 2. The summed E-state index contributed by atoms with van der Waals surface area (Å²) in [7, 11) is 0. The largest absolute Gasteiger partial charge is 0.369 e. The molecule has 0 saturated heterocycles. The first-order valence-corrected chi connectivity index (χ1v) is 6.53. The highest BCUT2D eigenvalue weighted by atomic mass is 15.0. The van der Waals surface area contributed by atoms with E-state index >= 15 is 0 Å². The predicted molar refractivity (Wildman–Crippen MR) is 77.9 cm³/mol. The third-order valence-corrected chi connectivity index (χ3v) is 2.99. The number of aromatic nitrogens is 1. The van der Waals surface area contributed by atoms with Gasteiger partial charge in [-0.25, -0.2) is 4.98 Å². The Morgan fingerprint density at radius 1 is 1.21 bits per heavy atom. The van der Waals surface area contributed by atoms with Crippen molar-refractivity contribution in [3.8, 4) is 17.3 Å². The van der Waals surface area contributed by atoms with E-state index < -0.39 is 0 Å². The highest BCUT2D eigenvalue weighted by Crippen LogP contribution is 2.26. The van der Waals surface area contributed by atoms with Gasteiger partial charge < -0.3 is 5.32 Å². The molecular weight excluding hydrogens is 234 g/mol. The van der Waals surface area contributed by atoms with Gasteiger partial charge in [-0.3, -0.25) is 0 Å². The first kappa shape index (κ1) is 13.1. The van der Waals surface area contributed by atoms with Gasteiger partial charge in [-0.2, -0.15) is 5.26 Å². The van der Waals surface area contributed by atoms with E-state index in [1.165, 1.54) is 0 Å². The SMILES string of the molecule is CCNc1nc(-c2ccccc2)c(CC)cc1C#N. The van der Waals surface area contributed by atoms with Gasteiger partial charge in [0.25, 0.3) is 0 Å². The van der Waals surface area contributed by atoms with Crippen molar-refractivity contribution in [2.45, 2.75) is 20.3 Å². The molecule has 3 heteroatoms. The summed E-state index contributed by atoms with van der Waals surface area (Å²) < 4.78 is 0. The highest BCUT2D eigenvalue weighted by Gasteiger charge is 2.11. The van der Waals surface area contributed by atoms with Crippen LogP contribution in [-0.4, -0.2) is 11.5 Å². The Hall–Kier alpha value is -2.34. The maximum Gasteiger partial charge on any atom is 0.144 e. The second kappa shape index (κ2) is 6.01. The van der Waals surface area contributed by atoms with E-state index in [-0.39, 0.29) is 0 Å². The molecule has 0 radical (unpaired) electrons. The van der Waals surface area contributed by atoms with Crippen LogP contribution < -0.4 is 5.32 Å². The number of benzene rings is 1. The molecule has 2 rings (SSSR count). The van der Waals surface area contributed by atoms with Crippen molar-refractivity contribution in [3.05, 3.63) is 47.5 Å². The van der Waals surface area contributed by atoms with Gasteiger partial charge in [-0.15, -0.1) is 0 Å². The van der Waals surface area contributed by atoms with Gasteiger partial charge in [-0.05, 0) is 25.0 Å². The number of nitriles is 1. The van der Waals surface area contributed by atoms with Crippen LogP contribution in [-0.2, 0) is 6.42 Å². The molecule has 0 spiro atoms. The average Bonchev–Trinajstić information content (AvgIpc) is 2.48. The molecule has 0 fully saturated rings. The van der Waals surface area contributed by atoms with Gasteiger partial charge in [0.1, 0.15) is 11.9 Å². The summed E-state index contributed by atoms with van der Waals surface area (Å²) in [6.07, 6.45) is 0.859. The number of nitrogens with one attached hydrogen (secondary N) is 1. The lowest BCUT2D eigenvalue weighted by molar-refractivity contribution is 1.08. The van der Waals surface area contributed by atoms with Crippen molar-refractivity contribution in [2.24, 2.45) is 0 Å². The lowest BCUT2D eigenvalue weighted by Crippen LogP contribution is -2.05. The molecule has 96 valence electrons. The zero-order valence-corrected chi connectivity index (χ0v) is 11.3. The molecule has 19 heavy (non-hydrogen) atoms. The van der Waals surface area contributed by atoms with Crippen LogP contribution in [0.1, 0.15) is 25.0 Å². The van der Waals surface area contributed by atoms with E-state index in [1.807, 2.05) is 43.3 Å². The van der Waals surface area contributed by atoms with Crippen molar-refractivity contribution in [2.75, 3.05) is 11.9 Å². The molecule has 0 unspecified atom stereocenters. The maximum atomic E-state index is 9.20. The average molecular weight is 251 g/mol. The van der Waals surface area contributed by atoms with Gasteiger partial charge in [0.05, 0.1) is 11.3 Å². The molecule has 0 bridgehead atoms. The Bertz CT molecular complexity index is 597. The van der Waals surface area contributed by atoms with Crippen LogP contribution in [0, 0.1) is 11.3 Å². The fourth-order valence-corrected chi connectivity index (χ4v) is 2.06. The van der Waals surface area contributed by atoms with Crippen molar-refractivity contribution < 1.29 is 0 Å². The highest BCUT2D eigenvalue weighted by molar-refractivity contribution is 5.68. The second-order valence-electron chi connectivity index (χ2n) is 4.25. The summed E-state index contributed by atoms with van der Waals surface area (Å²) in [5, 5.41) is 12.4. The van der Waals surface area contributed by atoms with Crippen LogP contribution in [0.2, 0.25) is 0 Å². The van der Waals surface area contributed by atoms with E-state index in [2.05, 4.69) is 23.3 Å². The molecule has 0 aliphatic rings. The summed E-state index contributed by atoms with van der Waals surface area (Å²) in [5.41, 5.74) is 3.75. The fraction of sp³-hybridized carbons (Fsp3) is 0.250. The quantitative estimate of drug-likeness (QED) is 0.903. The molecule has 1 heterocycles. The molecule has 1 aromatic carbocycles. The van der Waals surface area contributed by atoms with Gasteiger partial charge in [0.15, 0.2) is 0 Å². The smallest absolute Gasteiger partial charge is 0.144 e. The van der Waals surface area contributed by atoms with Crippen LogP contribution >= 0.6 is 0 Å². The minimum absolute atomic E-state index is 0.610. The Labute approximate surface area is 113 Å². The van der Waals surface area contributed by atoms with Gasteiger partial charge in [-0.1, -0.05) is 37.3 Å². The summed E-state index contributed by atoms with van der Waals surface area (Å²) in [4.78, 5) is 4.64. The topological polar surface area (TPSA) is 48.7 Å². The molecule has 1 aromatic heterocycles. The second-order valence-corrected chi connectivity index (χ2v) is 4.25. The third-order valence-electron chi connectivity index (χ3n) is 2.99. The summed E-state index contributed by atoms with van der Waals surface area (Å²) in [6.45, 7) is 4.83. The van der Waals surface area contributed by atoms with Gasteiger partial charge >= 0.3 is 0 Å². The summed E-state index contributed by atoms with van der Waals surface area (Å²) in [6, 6.07) is 14.2. The van der Waals surface area contributed by atoms with Crippen molar-refractivity contribution >= 4 is 5.82 Å². The van der Waals surface area contributed by atoms with E-state index in [1.54, 1.807) is 0 Å². The summed E-state index contributed by atoms with van der Waals surface area (Å²) in [5.74, 6) is 0.668. The number of hydrogen-bond acceptors (Lipinski definition) is 3. The third kappa shape index (κ3) is 2.74. The lowest BCUT2D eigenvalue weighted by Gasteiger charge is -2.12. The molecule has 0 saturated carbocycles. The van der Waals surface area contributed by atoms with Crippen molar-refractivity contribution in [1.82, 2.24) is 4.98 Å². The number of rotatable bonds is 4. The normalized spacial score (nSPS) is 9.95. The van der Waals surface area contributed by atoms with E-state index in [0.29, 0.717) is 11.4 Å². The number of anilines is 1. The number of hydrogen-bond donors (Lipinski definition) is 1. The van der Waals surface area contributed by atoms with Crippen LogP contribution in [0.25, 0.3) is 11.3 Å². The van der Waals surface area contributed by atoms with Crippen LogP contribution in [0.15, 0.2) is 36.4 Å². The Morgan fingerprint density at radius 2 is 1.95 bits per heavy atom. The van der Waals surface area contributed by atoms with Crippen LogP contribution in [0.3, 0.4) is 0 Å². The number of pyridine rings is 1. The zero-order valence-electron chi connectivity index (χ0n) is 11.3. The lowest BCUT2D eigenvalue weighted by atomic mass is 10.0. The molecule has 2 aromatic rings.